The fourth-order valence-corrected chi connectivity index (χ4v) is 3.28. The Bertz CT molecular complexity index is 867. The highest BCUT2D eigenvalue weighted by Crippen LogP contribution is 2.34. The normalized spacial score (nSPS) is 11.9. The standard InChI is InChI=1S/C21H28N4OS/c1-8-10-22-16(5)20-17(6)24-21(27-20)26-19-12-14(3)18(11-15(19)4)23-13-25(7)9-2/h8,11-13H,1,9-10H2,2-7H3/b22-16+,23-13-. The Morgan fingerprint density at radius 3 is 2.70 bits per heavy atom. The van der Waals surface area contributed by atoms with E-state index < -0.39 is 0 Å². The van der Waals surface area contributed by atoms with E-state index in [2.05, 4.69) is 28.5 Å². The zero-order valence-corrected chi connectivity index (χ0v) is 17.9. The minimum Gasteiger partial charge on any atom is -0.431 e. The highest BCUT2D eigenvalue weighted by Gasteiger charge is 2.13. The first-order chi connectivity index (χ1) is 12.8. The molecular formula is C21H28N4OS. The maximum Gasteiger partial charge on any atom is 0.279 e. The van der Waals surface area contributed by atoms with Crippen LogP contribution < -0.4 is 4.74 Å². The van der Waals surface area contributed by atoms with E-state index in [9.17, 15) is 0 Å². The van der Waals surface area contributed by atoms with E-state index in [-0.39, 0.29) is 0 Å². The van der Waals surface area contributed by atoms with E-state index in [1.54, 1.807) is 6.08 Å². The first-order valence-electron chi connectivity index (χ1n) is 8.99. The van der Waals surface area contributed by atoms with Crippen LogP contribution in [0.5, 0.6) is 10.9 Å². The number of thiazole rings is 1. The molecule has 5 nitrogen and oxygen atoms in total. The van der Waals surface area contributed by atoms with Gasteiger partial charge in [-0.1, -0.05) is 17.4 Å². The summed E-state index contributed by atoms with van der Waals surface area (Å²) in [7, 11) is 2.01. The third-order valence-electron chi connectivity index (χ3n) is 4.15. The summed E-state index contributed by atoms with van der Waals surface area (Å²) in [6, 6.07) is 4.06. The molecule has 0 amide bonds. The van der Waals surface area contributed by atoms with Crippen LogP contribution in [-0.2, 0) is 0 Å². The second-order valence-corrected chi connectivity index (χ2v) is 7.39. The van der Waals surface area contributed by atoms with E-state index in [0.29, 0.717) is 11.7 Å². The Balaban J connectivity index is 2.24. The lowest BCUT2D eigenvalue weighted by Crippen LogP contribution is -2.14. The van der Waals surface area contributed by atoms with Crippen LogP contribution >= 0.6 is 11.3 Å². The first kappa shape index (κ1) is 20.8. The largest absolute Gasteiger partial charge is 0.431 e. The van der Waals surface area contributed by atoms with Gasteiger partial charge in [-0.25, -0.2) is 9.98 Å². The Hall–Kier alpha value is -2.47. The lowest BCUT2D eigenvalue weighted by molar-refractivity contribution is 0.474. The molecular weight excluding hydrogens is 356 g/mol. The highest BCUT2D eigenvalue weighted by atomic mass is 32.1. The van der Waals surface area contributed by atoms with Crippen molar-refractivity contribution in [1.82, 2.24) is 9.88 Å². The lowest BCUT2D eigenvalue weighted by Gasteiger charge is -2.11. The quantitative estimate of drug-likeness (QED) is 0.345. The van der Waals surface area contributed by atoms with E-state index in [0.717, 1.165) is 45.4 Å². The van der Waals surface area contributed by atoms with Gasteiger partial charge in [0, 0.05) is 13.6 Å². The molecule has 0 spiro atoms. The average Bonchev–Trinajstić information content (AvgIpc) is 3.01. The number of benzene rings is 1. The van der Waals surface area contributed by atoms with Crippen molar-refractivity contribution in [3.8, 4) is 10.9 Å². The van der Waals surface area contributed by atoms with Crippen LogP contribution in [0.1, 0.15) is 35.5 Å². The molecule has 0 fully saturated rings. The number of aryl methyl sites for hydroxylation is 3. The number of nitrogens with zero attached hydrogens (tertiary/aromatic N) is 4. The maximum absolute atomic E-state index is 6.08. The summed E-state index contributed by atoms with van der Waals surface area (Å²) in [6.45, 7) is 15.4. The van der Waals surface area contributed by atoms with Gasteiger partial charge in [0.15, 0.2) is 0 Å². The van der Waals surface area contributed by atoms with Gasteiger partial charge in [-0.2, -0.15) is 0 Å². The van der Waals surface area contributed by atoms with Crippen molar-refractivity contribution in [1.29, 1.82) is 0 Å². The Labute approximate surface area is 166 Å². The molecule has 2 aromatic rings. The van der Waals surface area contributed by atoms with Gasteiger partial charge >= 0.3 is 0 Å². The maximum atomic E-state index is 6.08. The van der Waals surface area contributed by atoms with Gasteiger partial charge in [0.2, 0.25) is 0 Å². The molecule has 0 bridgehead atoms. The average molecular weight is 385 g/mol. The zero-order valence-electron chi connectivity index (χ0n) is 17.0. The van der Waals surface area contributed by atoms with Gasteiger partial charge in [0.25, 0.3) is 5.19 Å². The van der Waals surface area contributed by atoms with Crippen LogP contribution in [0.4, 0.5) is 5.69 Å². The van der Waals surface area contributed by atoms with Crippen molar-refractivity contribution in [3.63, 3.8) is 0 Å². The molecule has 0 unspecified atom stereocenters. The molecule has 1 heterocycles. The summed E-state index contributed by atoms with van der Waals surface area (Å²) in [5.74, 6) is 0.802. The van der Waals surface area contributed by atoms with Gasteiger partial charge in [0.05, 0.1) is 34.9 Å². The molecule has 2 rings (SSSR count). The van der Waals surface area contributed by atoms with Crippen molar-refractivity contribution in [2.75, 3.05) is 20.1 Å². The molecule has 27 heavy (non-hydrogen) atoms. The summed E-state index contributed by atoms with van der Waals surface area (Å²) in [6.07, 6.45) is 3.63. The summed E-state index contributed by atoms with van der Waals surface area (Å²) in [5, 5.41) is 0.625. The second kappa shape index (κ2) is 9.46. The van der Waals surface area contributed by atoms with Crippen LogP contribution in [0.2, 0.25) is 0 Å². The number of hydrogen-bond acceptors (Lipinski definition) is 5. The van der Waals surface area contributed by atoms with E-state index >= 15 is 0 Å². The number of aromatic nitrogens is 1. The number of hydrogen-bond donors (Lipinski definition) is 0. The van der Waals surface area contributed by atoms with Crippen LogP contribution in [0.25, 0.3) is 0 Å². The number of aliphatic imine (C=N–C) groups is 2. The van der Waals surface area contributed by atoms with Gasteiger partial charge < -0.3 is 9.64 Å². The van der Waals surface area contributed by atoms with E-state index in [1.165, 1.54) is 11.3 Å². The minimum absolute atomic E-state index is 0.604. The highest BCUT2D eigenvalue weighted by molar-refractivity contribution is 7.15. The van der Waals surface area contributed by atoms with Crippen LogP contribution in [0.15, 0.2) is 34.8 Å². The molecule has 0 radical (unpaired) electrons. The predicted molar refractivity (Wildman–Crippen MR) is 117 cm³/mol. The molecule has 0 saturated carbocycles. The topological polar surface area (TPSA) is 50.1 Å². The van der Waals surface area contributed by atoms with Gasteiger partial charge in [-0.3, -0.25) is 4.99 Å². The second-order valence-electron chi connectivity index (χ2n) is 6.43. The molecule has 1 aromatic carbocycles. The van der Waals surface area contributed by atoms with Gasteiger partial charge in [0.1, 0.15) is 5.75 Å². The lowest BCUT2D eigenvalue weighted by atomic mass is 10.1. The first-order valence-corrected chi connectivity index (χ1v) is 9.80. The molecule has 0 aliphatic rings. The number of ether oxygens (including phenoxy) is 1. The Kier molecular flexibility index (Phi) is 7.30. The number of rotatable bonds is 8. The molecule has 0 atom stereocenters. The van der Waals surface area contributed by atoms with Crippen molar-refractivity contribution in [2.24, 2.45) is 9.98 Å². The molecule has 6 heteroatoms. The monoisotopic (exact) mass is 384 g/mol. The summed E-state index contributed by atoms with van der Waals surface area (Å²) >= 11 is 1.51. The molecule has 144 valence electrons. The molecule has 1 aromatic heterocycles. The van der Waals surface area contributed by atoms with Crippen LogP contribution in [-0.4, -0.2) is 42.1 Å². The minimum atomic E-state index is 0.604. The fraction of sp³-hybridized carbons (Fsp3) is 0.381. The van der Waals surface area contributed by atoms with Crippen molar-refractivity contribution in [3.05, 3.63) is 46.5 Å². The summed E-state index contributed by atoms with van der Waals surface area (Å²) < 4.78 is 6.08. The van der Waals surface area contributed by atoms with Crippen LogP contribution in [0.3, 0.4) is 0 Å². The predicted octanol–water partition coefficient (Wildman–Crippen LogP) is 5.47. The smallest absolute Gasteiger partial charge is 0.279 e. The fourth-order valence-electron chi connectivity index (χ4n) is 2.38. The van der Waals surface area contributed by atoms with Crippen LogP contribution in [0, 0.1) is 20.8 Å². The Morgan fingerprint density at radius 1 is 1.30 bits per heavy atom. The van der Waals surface area contributed by atoms with Crippen molar-refractivity contribution in [2.45, 2.75) is 34.6 Å². The third-order valence-corrected chi connectivity index (χ3v) is 5.29. The van der Waals surface area contributed by atoms with E-state index in [1.807, 2.05) is 58.1 Å². The summed E-state index contributed by atoms with van der Waals surface area (Å²) in [4.78, 5) is 16.7. The summed E-state index contributed by atoms with van der Waals surface area (Å²) in [5.41, 5.74) is 4.92. The van der Waals surface area contributed by atoms with Crippen molar-refractivity contribution >= 4 is 29.1 Å². The third kappa shape index (κ3) is 5.50. The van der Waals surface area contributed by atoms with Gasteiger partial charge in [-0.15, -0.1) is 6.58 Å². The SMILES string of the molecule is C=CC/N=C(\C)c1sc(Oc2cc(C)c(/N=C\N(C)CC)cc2C)nc1C. The van der Waals surface area contributed by atoms with Crippen molar-refractivity contribution < 1.29 is 4.74 Å². The molecule has 0 aliphatic heterocycles. The molecule has 0 aliphatic carbocycles. The molecule has 0 N–H and O–H groups in total. The molecule has 0 saturated heterocycles. The zero-order chi connectivity index (χ0) is 20.0. The van der Waals surface area contributed by atoms with Gasteiger partial charge in [-0.05, 0) is 57.9 Å². The van der Waals surface area contributed by atoms with E-state index in [4.69, 9.17) is 4.74 Å². The Morgan fingerprint density at radius 2 is 2.04 bits per heavy atom.